The van der Waals surface area contributed by atoms with Crippen LogP contribution in [0.15, 0.2) is 41.3 Å². The van der Waals surface area contributed by atoms with E-state index in [0.717, 1.165) is 24.3 Å². The first-order valence-corrected chi connectivity index (χ1v) is 14.3. The molecule has 0 unspecified atom stereocenters. The maximum absolute atomic E-state index is 15.2. The van der Waals surface area contributed by atoms with Crippen molar-refractivity contribution in [2.24, 2.45) is 5.92 Å². The molecule has 3 aliphatic rings. The SMILES string of the molecule is O=S(=O)(N[C@@H]1CC[C@@]2(S(=O)(=O)c3ccc(C(F)(F)F)cc3)c3c(F)ccc(F)c3OC[C@H]2C1)C1CC1. The van der Waals surface area contributed by atoms with Gasteiger partial charge in [-0.1, -0.05) is 0 Å². The summed E-state index contributed by atoms with van der Waals surface area (Å²) in [6.07, 6.45) is -3.97. The Balaban J connectivity index is 1.61. The van der Waals surface area contributed by atoms with E-state index in [9.17, 15) is 34.4 Å². The molecule has 0 spiro atoms. The van der Waals surface area contributed by atoms with Crippen molar-refractivity contribution >= 4 is 19.9 Å². The van der Waals surface area contributed by atoms with E-state index in [2.05, 4.69) is 4.72 Å². The molecule has 5 rings (SSSR count). The van der Waals surface area contributed by atoms with Crippen molar-refractivity contribution in [1.82, 2.24) is 4.72 Å². The van der Waals surface area contributed by atoms with Gasteiger partial charge in [0.05, 0.1) is 27.9 Å². The molecular weight excluding hydrogens is 529 g/mol. The van der Waals surface area contributed by atoms with Crippen LogP contribution in [0.5, 0.6) is 5.75 Å². The van der Waals surface area contributed by atoms with Gasteiger partial charge >= 0.3 is 6.18 Å². The predicted molar refractivity (Wildman–Crippen MR) is 118 cm³/mol. The highest BCUT2D eigenvalue weighted by Gasteiger charge is 2.60. The minimum absolute atomic E-state index is 0.00227. The predicted octanol–water partition coefficient (Wildman–Crippen LogP) is 4.30. The first kappa shape index (κ1) is 25.4. The van der Waals surface area contributed by atoms with Crippen molar-refractivity contribution in [2.75, 3.05) is 6.61 Å². The number of alkyl halides is 3. The maximum atomic E-state index is 15.2. The van der Waals surface area contributed by atoms with E-state index in [4.69, 9.17) is 4.74 Å². The Labute approximate surface area is 204 Å². The molecule has 2 aliphatic carbocycles. The summed E-state index contributed by atoms with van der Waals surface area (Å²) in [6, 6.07) is 3.79. The molecule has 0 saturated heterocycles. The summed E-state index contributed by atoms with van der Waals surface area (Å²) < 4.78 is 128. The fourth-order valence-electron chi connectivity index (χ4n) is 5.36. The number of sulfone groups is 1. The number of rotatable bonds is 5. The Morgan fingerprint density at radius 2 is 1.56 bits per heavy atom. The molecule has 13 heteroatoms. The Morgan fingerprint density at radius 3 is 2.17 bits per heavy atom. The fourth-order valence-corrected chi connectivity index (χ4v) is 9.36. The minimum atomic E-state index is -4.69. The van der Waals surface area contributed by atoms with Gasteiger partial charge in [0.2, 0.25) is 10.0 Å². The fraction of sp³-hybridized carbons (Fsp3) is 0.478. The van der Waals surface area contributed by atoms with Gasteiger partial charge in [0.25, 0.3) is 0 Å². The number of benzene rings is 2. The number of hydrogen-bond acceptors (Lipinski definition) is 5. The van der Waals surface area contributed by atoms with Gasteiger partial charge in [0.15, 0.2) is 21.4 Å². The molecule has 36 heavy (non-hydrogen) atoms. The van der Waals surface area contributed by atoms with E-state index >= 15 is 4.39 Å². The molecule has 1 N–H and O–H groups in total. The van der Waals surface area contributed by atoms with E-state index in [1.54, 1.807) is 0 Å². The van der Waals surface area contributed by atoms with Crippen LogP contribution < -0.4 is 9.46 Å². The minimum Gasteiger partial charge on any atom is -0.490 e. The molecule has 1 heterocycles. The molecule has 2 fully saturated rings. The van der Waals surface area contributed by atoms with E-state index in [1.807, 2.05) is 0 Å². The third kappa shape index (κ3) is 3.99. The number of ether oxygens (including phenoxy) is 1. The highest BCUT2D eigenvalue weighted by atomic mass is 32.2. The van der Waals surface area contributed by atoms with Crippen molar-refractivity contribution < 1.29 is 43.5 Å². The maximum Gasteiger partial charge on any atom is 0.416 e. The van der Waals surface area contributed by atoms with Crippen LogP contribution in [-0.4, -0.2) is 34.7 Å². The Morgan fingerprint density at radius 1 is 0.917 bits per heavy atom. The smallest absolute Gasteiger partial charge is 0.416 e. The monoisotopic (exact) mass is 551 g/mol. The van der Waals surface area contributed by atoms with E-state index in [1.165, 1.54) is 0 Å². The number of nitrogens with one attached hydrogen (secondary N) is 1. The largest absolute Gasteiger partial charge is 0.490 e. The zero-order chi connectivity index (χ0) is 26.1. The van der Waals surface area contributed by atoms with Crippen molar-refractivity contribution in [1.29, 1.82) is 0 Å². The Kier molecular flexibility index (Phi) is 5.92. The summed E-state index contributed by atoms with van der Waals surface area (Å²) in [5, 5.41) is -0.505. The standard InChI is InChI=1S/C23H22F5NO5S2/c24-18-7-8-19(25)21-20(18)22(35(30,31)16-3-1-13(2-4-16)23(26,27)28)10-9-15(11-14(22)12-34-21)29-36(32,33)17-5-6-17/h1-4,7-8,14-15,17,29H,5-6,9-12H2/t14-,15-,22+/m1/s1. The molecule has 0 aromatic heterocycles. The average Bonchev–Trinajstić information content (AvgIpc) is 3.66. The second kappa shape index (κ2) is 8.38. The summed E-state index contributed by atoms with van der Waals surface area (Å²) in [6.45, 7) is -0.338. The molecule has 2 aromatic carbocycles. The number of fused-ring (bicyclic) bond motifs is 3. The normalized spacial score (nSPS) is 26.6. The average molecular weight is 552 g/mol. The molecule has 2 aromatic rings. The molecule has 0 radical (unpaired) electrons. The van der Waals surface area contributed by atoms with E-state index < -0.39 is 81.4 Å². The second-order valence-electron chi connectivity index (χ2n) is 9.49. The van der Waals surface area contributed by atoms with Crippen molar-refractivity contribution in [3.8, 4) is 5.75 Å². The summed E-state index contributed by atoms with van der Waals surface area (Å²) in [5.74, 6) is -3.54. The number of halogens is 5. The zero-order valence-electron chi connectivity index (χ0n) is 18.7. The summed E-state index contributed by atoms with van der Waals surface area (Å²) in [5.41, 5.74) is -1.57. The second-order valence-corrected chi connectivity index (χ2v) is 13.7. The van der Waals surface area contributed by atoms with Gasteiger partial charge in [-0.2, -0.15) is 13.2 Å². The van der Waals surface area contributed by atoms with Crippen LogP contribution in [0.3, 0.4) is 0 Å². The lowest BCUT2D eigenvalue weighted by molar-refractivity contribution is -0.137. The van der Waals surface area contributed by atoms with Crippen LogP contribution in [0, 0.1) is 17.6 Å². The summed E-state index contributed by atoms with van der Waals surface area (Å²) in [4.78, 5) is -0.478. The third-order valence-electron chi connectivity index (χ3n) is 7.27. The molecule has 3 atom stereocenters. The molecule has 196 valence electrons. The Hall–Kier alpha value is -2.25. The molecular formula is C23H22F5NO5S2. The molecule has 6 nitrogen and oxygen atoms in total. The van der Waals surface area contributed by atoms with Crippen molar-refractivity contribution in [3.63, 3.8) is 0 Å². The summed E-state index contributed by atoms with van der Waals surface area (Å²) >= 11 is 0. The molecule has 0 amide bonds. The number of sulfonamides is 1. The van der Waals surface area contributed by atoms with Gasteiger partial charge in [0, 0.05) is 12.0 Å². The van der Waals surface area contributed by atoms with Gasteiger partial charge < -0.3 is 4.74 Å². The van der Waals surface area contributed by atoms with Crippen LogP contribution in [-0.2, 0) is 30.8 Å². The lowest BCUT2D eigenvalue weighted by atomic mass is 9.71. The Bertz CT molecular complexity index is 1410. The lowest BCUT2D eigenvalue weighted by Crippen LogP contribution is -2.55. The van der Waals surface area contributed by atoms with Crippen molar-refractivity contribution in [3.05, 3.63) is 59.2 Å². The molecule has 1 aliphatic heterocycles. The van der Waals surface area contributed by atoms with Crippen molar-refractivity contribution in [2.45, 2.75) is 59.2 Å². The lowest BCUT2D eigenvalue weighted by Gasteiger charge is -2.49. The van der Waals surface area contributed by atoms with Crippen LogP contribution >= 0.6 is 0 Å². The first-order chi connectivity index (χ1) is 16.8. The zero-order valence-corrected chi connectivity index (χ0v) is 20.3. The molecule has 0 bridgehead atoms. The highest BCUT2D eigenvalue weighted by molar-refractivity contribution is 7.92. The van der Waals surface area contributed by atoms with Crippen LogP contribution in [0.1, 0.15) is 43.2 Å². The van der Waals surface area contributed by atoms with E-state index in [0.29, 0.717) is 25.0 Å². The topological polar surface area (TPSA) is 89.5 Å². The van der Waals surface area contributed by atoms with Crippen LogP contribution in [0.25, 0.3) is 0 Å². The quantitative estimate of drug-likeness (QED) is 0.560. The van der Waals surface area contributed by atoms with Gasteiger partial charge in [-0.3, -0.25) is 0 Å². The molecule has 2 saturated carbocycles. The number of hydrogen-bond donors (Lipinski definition) is 1. The van der Waals surface area contributed by atoms with Gasteiger partial charge in [-0.05, 0) is 68.5 Å². The third-order valence-corrected chi connectivity index (χ3v) is 11.9. The van der Waals surface area contributed by atoms with E-state index in [-0.39, 0.29) is 25.9 Å². The van der Waals surface area contributed by atoms with Gasteiger partial charge in [-0.25, -0.2) is 30.3 Å². The highest BCUT2D eigenvalue weighted by Crippen LogP contribution is 2.56. The van der Waals surface area contributed by atoms with Crippen LogP contribution in [0.2, 0.25) is 0 Å². The summed E-state index contributed by atoms with van der Waals surface area (Å²) in [7, 11) is -8.21. The first-order valence-electron chi connectivity index (χ1n) is 11.3. The van der Waals surface area contributed by atoms with Gasteiger partial charge in [-0.15, -0.1) is 0 Å². The van der Waals surface area contributed by atoms with Gasteiger partial charge in [0.1, 0.15) is 10.6 Å². The van der Waals surface area contributed by atoms with Crippen LogP contribution in [0.4, 0.5) is 22.0 Å².